The SMILES string of the molecule is Cc1cc(C)c(S(=O)(=O)Nc2cccc(CCc3nc4ccccc4[nH]3)c2)cc1C. The van der Waals surface area contributed by atoms with Crippen LogP contribution in [-0.2, 0) is 22.9 Å². The van der Waals surface area contributed by atoms with E-state index in [1.807, 2.05) is 69.3 Å². The molecule has 0 radical (unpaired) electrons. The van der Waals surface area contributed by atoms with Crippen molar-refractivity contribution in [2.75, 3.05) is 4.72 Å². The van der Waals surface area contributed by atoms with E-state index in [0.29, 0.717) is 10.6 Å². The molecule has 1 heterocycles. The summed E-state index contributed by atoms with van der Waals surface area (Å²) >= 11 is 0. The van der Waals surface area contributed by atoms with E-state index < -0.39 is 10.0 Å². The number of rotatable bonds is 6. The van der Waals surface area contributed by atoms with Crippen LogP contribution in [0.15, 0.2) is 65.6 Å². The van der Waals surface area contributed by atoms with Crippen molar-refractivity contribution in [2.45, 2.75) is 38.5 Å². The maximum Gasteiger partial charge on any atom is 0.262 e. The second-order valence-corrected chi connectivity index (χ2v) is 9.36. The lowest BCUT2D eigenvalue weighted by Gasteiger charge is -2.13. The molecule has 0 aliphatic carbocycles. The minimum absolute atomic E-state index is 0.318. The summed E-state index contributed by atoms with van der Waals surface area (Å²) in [5.41, 5.74) is 6.38. The number of imidazole rings is 1. The highest BCUT2D eigenvalue weighted by molar-refractivity contribution is 7.92. The van der Waals surface area contributed by atoms with E-state index in [1.165, 1.54) is 0 Å². The molecule has 3 aromatic carbocycles. The zero-order valence-electron chi connectivity index (χ0n) is 17.4. The summed E-state index contributed by atoms with van der Waals surface area (Å²) in [6.45, 7) is 5.73. The van der Waals surface area contributed by atoms with Gasteiger partial charge in [-0.2, -0.15) is 0 Å². The van der Waals surface area contributed by atoms with Gasteiger partial charge >= 0.3 is 0 Å². The number of fused-ring (bicyclic) bond motifs is 1. The summed E-state index contributed by atoms with van der Waals surface area (Å²) in [5, 5.41) is 0. The van der Waals surface area contributed by atoms with Crippen LogP contribution < -0.4 is 4.72 Å². The average molecular weight is 420 g/mol. The largest absolute Gasteiger partial charge is 0.342 e. The van der Waals surface area contributed by atoms with Crippen LogP contribution in [0.25, 0.3) is 11.0 Å². The molecule has 154 valence electrons. The summed E-state index contributed by atoms with van der Waals surface area (Å²) in [4.78, 5) is 8.26. The van der Waals surface area contributed by atoms with Crippen LogP contribution in [0.4, 0.5) is 5.69 Å². The number of aromatic amines is 1. The number of para-hydroxylation sites is 2. The smallest absolute Gasteiger partial charge is 0.262 e. The van der Waals surface area contributed by atoms with Crippen LogP contribution in [0, 0.1) is 20.8 Å². The van der Waals surface area contributed by atoms with Gasteiger partial charge in [-0.1, -0.05) is 30.3 Å². The molecule has 2 N–H and O–H groups in total. The number of sulfonamides is 1. The predicted octanol–water partition coefficient (Wildman–Crippen LogP) is 5.07. The zero-order valence-corrected chi connectivity index (χ0v) is 18.2. The summed E-state index contributed by atoms with van der Waals surface area (Å²) in [7, 11) is -3.65. The molecule has 4 aromatic rings. The molecule has 0 saturated carbocycles. The van der Waals surface area contributed by atoms with Crippen LogP contribution >= 0.6 is 0 Å². The van der Waals surface area contributed by atoms with Gasteiger partial charge in [0, 0.05) is 12.1 Å². The van der Waals surface area contributed by atoms with Crippen LogP contribution in [0.3, 0.4) is 0 Å². The molecule has 4 rings (SSSR count). The van der Waals surface area contributed by atoms with Gasteiger partial charge in [-0.25, -0.2) is 13.4 Å². The lowest BCUT2D eigenvalue weighted by Crippen LogP contribution is -2.15. The number of aromatic nitrogens is 2. The van der Waals surface area contributed by atoms with E-state index in [9.17, 15) is 8.42 Å². The number of hydrogen-bond acceptors (Lipinski definition) is 3. The van der Waals surface area contributed by atoms with Crippen molar-refractivity contribution in [3.63, 3.8) is 0 Å². The molecular formula is C24H25N3O2S. The van der Waals surface area contributed by atoms with E-state index in [0.717, 1.165) is 52.0 Å². The van der Waals surface area contributed by atoms with Crippen molar-refractivity contribution in [3.05, 3.63) is 88.7 Å². The highest BCUT2D eigenvalue weighted by Gasteiger charge is 2.18. The number of nitrogens with zero attached hydrogens (tertiary/aromatic N) is 1. The third-order valence-electron chi connectivity index (χ3n) is 5.35. The summed E-state index contributed by atoms with van der Waals surface area (Å²) in [6.07, 6.45) is 1.51. The first kappa shape index (κ1) is 20.2. The van der Waals surface area contributed by atoms with E-state index in [2.05, 4.69) is 14.7 Å². The lowest BCUT2D eigenvalue weighted by molar-refractivity contribution is 0.600. The van der Waals surface area contributed by atoms with Crippen molar-refractivity contribution in [1.29, 1.82) is 0 Å². The Hall–Kier alpha value is -3.12. The fourth-order valence-electron chi connectivity index (χ4n) is 3.61. The van der Waals surface area contributed by atoms with Crippen molar-refractivity contribution in [1.82, 2.24) is 9.97 Å². The fraction of sp³-hybridized carbons (Fsp3) is 0.208. The Balaban J connectivity index is 1.51. The average Bonchev–Trinajstić information content (AvgIpc) is 3.12. The Morgan fingerprint density at radius 1 is 0.867 bits per heavy atom. The maximum absolute atomic E-state index is 12.9. The molecule has 0 bridgehead atoms. The first-order valence-electron chi connectivity index (χ1n) is 9.95. The molecule has 0 aliphatic heterocycles. The molecule has 30 heavy (non-hydrogen) atoms. The lowest BCUT2D eigenvalue weighted by atomic mass is 10.1. The van der Waals surface area contributed by atoms with Crippen LogP contribution in [0.2, 0.25) is 0 Å². The molecule has 1 aromatic heterocycles. The van der Waals surface area contributed by atoms with Crippen LogP contribution in [-0.4, -0.2) is 18.4 Å². The van der Waals surface area contributed by atoms with Gasteiger partial charge in [-0.3, -0.25) is 4.72 Å². The molecule has 0 aliphatic rings. The van der Waals surface area contributed by atoms with E-state index in [1.54, 1.807) is 12.1 Å². The second kappa shape index (κ2) is 7.95. The number of nitrogens with one attached hydrogen (secondary N) is 2. The Bertz CT molecular complexity index is 1290. The maximum atomic E-state index is 12.9. The van der Waals surface area contributed by atoms with E-state index in [4.69, 9.17) is 0 Å². The normalized spacial score (nSPS) is 11.7. The Morgan fingerprint density at radius 3 is 2.43 bits per heavy atom. The molecule has 0 spiro atoms. The minimum atomic E-state index is -3.65. The molecule has 0 saturated heterocycles. The quantitative estimate of drug-likeness (QED) is 0.458. The fourth-order valence-corrected chi connectivity index (χ4v) is 4.97. The molecule has 0 fully saturated rings. The Labute approximate surface area is 177 Å². The molecular weight excluding hydrogens is 394 g/mol. The van der Waals surface area contributed by atoms with Gasteiger partial charge < -0.3 is 4.98 Å². The second-order valence-electron chi connectivity index (χ2n) is 7.71. The van der Waals surface area contributed by atoms with E-state index >= 15 is 0 Å². The van der Waals surface area contributed by atoms with Crippen LogP contribution in [0.1, 0.15) is 28.1 Å². The summed E-state index contributed by atoms with van der Waals surface area (Å²) < 4.78 is 28.6. The first-order valence-corrected chi connectivity index (χ1v) is 11.4. The monoisotopic (exact) mass is 419 g/mol. The van der Waals surface area contributed by atoms with Gasteiger partial charge in [0.2, 0.25) is 0 Å². The van der Waals surface area contributed by atoms with Gasteiger partial charge in [0.1, 0.15) is 5.82 Å². The van der Waals surface area contributed by atoms with Gasteiger partial charge in [-0.15, -0.1) is 0 Å². The number of benzene rings is 3. The van der Waals surface area contributed by atoms with Crippen molar-refractivity contribution in [2.24, 2.45) is 0 Å². The Morgan fingerprint density at radius 2 is 1.63 bits per heavy atom. The number of hydrogen-bond donors (Lipinski definition) is 2. The van der Waals surface area contributed by atoms with Crippen LogP contribution in [0.5, 0.6) is 0 Å². The van der Waals surface area contributed by atoms with Crippen molar-refractivity contribution < 1.29 is 8.42 Å². The predicted molar refractivity (Wildman–Crippen MR) is 121 cm³/mol. The van der Waals surface area contributed by atoms with Crippen molar-refractivity contribution >= 4 is 26.7 Å². The topological polar surface area (TPSA) is 74.8 Å². The first-order chi connectivity index (χ1) is 14.3. The molecule has 5 nitrogen and oxygen atoms in total. The van der Waals surface area contributed by atoms with Crippen molar-refractivity contribution in [3.8, 4) is 0 Å². The van der Waals surface area contributed by atoms with Gasteiger partial charge in [0.25, 0.3) is 10.0 Å². The number of anilines is 1. The van der Waals surface area contributed by atoms with Gasteiger partial charge in [0.05, 0.1) is 15.9 Å². The number of H-pyrrole nitrogens is 1. The third-order valence-corrected chi connectivity index (χ3v) is 6.87. The highest BCUT2D eigenvalue weighted by atomic mass is 32.2. The van der Waals surface area contributed by atoms with Gasteiger partial charge in [-0.05, 0) is 79.8 Å². The molecule has 6 heteroatoms. The molecule has 0 atom stereocenters. The van der Waals surface area contributed by atoms with E-state index in [-0.39, 0.29) is 0 Å². The third kappa shape index (κ3) is 4.24. The molecule has 0 unspecified atom stereocenters. The summed E-state index contributed by atoms with van der Waals surface area (Å²) in [5.74, 6) is 0.924. The summed E-state index contributed by atoms with van der Waals surface area (Å²) in [6, 6.07) is 19.1. The number of aryl methyl sites for hydroxylation is 5. The molecule has 0 amide bonds. The Kier molecular flexibility index (Phi) is 5.35. The highest BCUT2D eigenvalue weighted by Crippen LogP contribution is 2.23. The zero-order chi connectivity index (χ0) is 21.3. The minimum Gasteiger partial charge on any atom is -0.342 e. The van der Waals surface area contributed by atoms with Gasteiger partial charge in [0.15, 0.2) is 0 Å². The standard InChI is InChI=1S/C24H25N3O2S/c1-16-13-18(3)23(14-17(16)2)30(28,29)27-20-8-6-7-19(15-20)11-12-24-25-21-9-4-5-10-22(21)26-24/h4-10,13-15,27H,11-12H2,1-3H3,(H,25,26).